The molecule has 0 amide bonds. The van der Waals surface area contributed by atoms with Crippen LogP contribution in [0.4, 0.5) is 0 Å². The molecule has 2 unspecified atom stereocenters. The highest BCUT2D eigenvalue weighted by Gasteiger charge is 2.27. The molecule has 0 bridgehead atoms. The molecule has 2 fully saturated rings. The molecule has 0 saturated carbocycles. The minimum Gasteiger partial charge on any atom is -0.379 e. The Balaban J connectivity index is 1.91. The molecule has 2 saturated heterocycles. The van der Waals surface area contributed by atoms with Crippen LogP contribution in [-0.2, 0) is 4.74 Å². The molecule has 0 aliphatic carbocycles. The molecule has 2 heterocycles. The molecule has 0 spiro atoms. The van der Waals surface area contributed by atoms with Gasteiger partial charge in [-0.15, -0.1) is 0 Å². The monoisotopic (exact) mass is 395 g/mol. The van der Waals surface area contributed by atoms with Gasteiger partial charge in [0.15, 0.2) is 5.96 Å². The lowest BCUT2D eigenvalue weighted by atomic mass is 9.92. The average Bonchev–Trinajstić information content (AvgIpc) is 3.17. The van der Waals surface area contributed by atoms with Gasteiger partial charge in [0.1, 0.15) is 0 Å². The third-order valence-corrected chi connectivity index (χ3v) is 6.36. The van der Waals surface area contributed by atoms with Gasteiger partial charge >= 0.3 is 0 Å². The summed E-state index contributed by atoms with van der Waals surface area (Å²) in [6, 6.07) is 0.515. The molecule has 6 heteroatoms. The predicted molar refractivity (Wildman–Crippen MR) is 119 cm³/mol. The molecule has 2 N–H and O–H groups in total. The van der Waals surface area contributed by atoms with Gasteiger partial charge in [0.05, 0.1) is 19.8 Å². The first-order valence-electron chi connectivity index (χ1n) is 11.8. The number of hydrogen-bond acceptors (Lipinski definition) is 4. The number of likely N-dealkylation sites (tertiary alicyclic amines) is 1. The van der Waals surface area contributed by atoms with Gasteiger partial charge < -0.3 is 20.3 Å². The maximum atomic E-state index is 5.58. The fourth-order valence-electron chi connectivity index (χ4n) is 4.67. The van der Waals surface area contributed by atoms with E-state index in [1.807, 2.05) is 0 Å². The van der Waals surface area contributed by atoms with Crippen LogP contribution in [-0.4, -0.2) is 87.4 Å². The molecule has 0 aromatic rings. The zero-order valence-electron chi connectivity index (χ0n) is 18.9. The van der Waals surface area contributed by atoms with E-state index >= 15 is 0 Å². The number of ether oxygens (including phenoxy) is 1. The van der Waals surface area contributed by atoms with Crippen molar-refractivity contribution in [1.82, 2.24) is 20.4 Å². The van der Waals surface area contributed by atoms with Crippen LogP contribution in [0.25, 0.3) is 0 Å². The standard InChI is InChI=1S/C22H45N5O/c1-5-10-26-11-9-19(18-26)16-24-22(23-8-4)25-17-21(20(6-2)7-3)27-12-14-28-15-13-27/h19-21H,5-18H2,1-4H3,(H2,23,24,25). The Morgan fingerprint density at radius 2 is 1.82 bits per heavy atom. The van der Waals surface area contributed by atoms with Crippen molar-refractivity contribution in [2.45, 2.75) is 59.4 Å². The molecule has 2 aliphatic rings. The summed E-state index contributed by atoms with van der Waals surface area (Å²) in [6.45, 7) is 19.4. The van der Waals surface area contributed by atoms with Crippen molar-refractivity contribution in [3.8, 4) is 0 Å². The minimum absolute atomic E-state index is 0.515. The van der Waals surface area contributed by atoms with Crippen LogP contribution in [0.5, 0.6) is 0 Å². The molecule has 28 heavy (non-hydrogen) atoms. The summed E-state index contributed by atoms with van der Waals surface area (Å²) in [5, 5.41) is 7.09. The highest BCUT2D eigenvalue weighted by Crippen LogP contribution is 2.20. The average molecular weight is 396 g/mol. The summed E-state index contributed by atoms with van der Waals surface area (Å²) in [4.78, 5) is 10.2. The lowest BCUT2D eigenvalue weighted by Crippen LogP contribution is -2.49. The normalized spacial score (nSPS) is 23.3. The summed E-state index contributed by atoms with van der Waals surface area (Å²) >= 11 is 0. The second-order valence-electron chi connectivity index (χ2n) is 8.35. The van der Waals surface area contributed by atoms with Crippen molar-refractivity contribution in [2.75, 3.05) is 65.6 Å². The van der Waals surface area contributed by atoms with Gasteiger partial charge in [-0.05, 0) is 44.7 Å². The van der Waals surface area contributed by atoms with E-state index in [1.165, 1.54) is 45.3 Å². The van der Waals surface area contributed by atoms with Gasteiger partial charge in [-0.25, -0.2) is 0 Å². The molecule has 0 radical (unpaired) electrons. The third-order valence-electron chi connectivity index (χ3n) is 6.36. The first-order chi connectivity index (χ1) is 13.7. The van der Waals surface area contributed by atoms with Crippen LogP contribution in [0.3, 0.4) is 0 Å². The highest BCUT2D eigenvalue weighted by molar-refractivity contribution is 5.79. The van der Waals surface area contributed by atoms with Crippen LogP contribution < -0.4 is 10.6 Å². The maximum Gasteiger partial charge on any atom is 0.191 e. The Morgan fingerprint density at radius 3 is 2.46 bits per heavy atom. The second-order valence-corrected chi connectivity index (χ2v) is 8.35. The maximum absolute atomic E-state index is 5.58. The number of guanidine groups is 1. The van der Waals surface area contributed by atoms with E-state index in [4.69, 9.17) is 9.73 Å². The van der Waals surface area contributed by atoms with Crippen molar-refractivity contribution in [3.05, 3.63) is 0 Å². The van der Waals surface area contributed by atoms with Crippen LogP contribution in [0, 0.1) is 11.8 Å². The predicted octanol–water partition coefficient (Wildman–Crippen LogP) is 2.41. The first kappa shape index (κ1) is 23.4. The Kier molecular flexibility index (Phi) is 11.2. The summed E-state index contributed by atoms with van der Waals surface area (Å²) in [5.74, 6) is 2.42. The molecular formula is C22H45N5O. The summed E-state index contributed by atoms with van der Waals surface area (Å²) in [6.07, 6.45) is 4.99. The quantitative estimate of drug-likeness (QED) is 0.416. The van der Waals surface area contributed by atoms with Gasteiger partial charge in [0.25, 0.3) is 0 Å². The van der Waals surface area contributed by atoms with Crippen molar-refractivity contribution >= 4 is 5.96 Å². The van der Waals surface area contributed by atoms with Crippen molar-refractivity contribution in [2.24, 2.45) is 16.8 Å². The Hall–Kier alpha value is -0.850. The molecule has 2 atom stereocenters. The van der Waals surface area contributed by atoms with Crippen LogP contribution in [0.15, 0.2) is 4.99 Å². The van der Waals surface area contributed by atoms with Gasteiger partial charge in [0, 0.05) is 38.8 Å². The molecular weight excluding hydrogens is 350 g/mol. The fraction of sp³-hybridized carbons (Fsp3) is 0.955. The Labute approximate surface area is 173 Å². The van der Waals surface area contributed by atoms with E-state index in [0.717, 1.165) is 57.8 Å². The number of aliphatic imine (C=N–C) groups is 1. The molecule has 2 aliphatic heterocycles. The van der Waals surface area contributed by atoms with Gasteiger partial charge in [-0.2, -0.15) is 0 Å². The number of morpholine rings is 1. The largest absolute Gasteiger partial charge is 0.379 e. The molecule has 2 rings (SSSR count). The highest BCUT2D eigenvalue weighted by atomic mass is 16.5. The number of rotatable bonds is 11. The van der Waals surface area contributed by atoms with E-state index in [-0.39, 0.29) is 0 Å². The Morgan fingerprint density at radius 1 is 1.07 bits per heavy atom. The topological polar surface area (TPSA) is 52.1 Å². The minimum atomic E-state index is 0.515. The summed E-state index contributed by atoms with van der Waals surface area (Å²) in [7, 11) is 0. The number of hydrogen-bond donors (Lipinski definition) is 2. The van der Waals surface area contributed by atoms with Gasteiger partial charge in [-0.1, -0.05) is 33.6 Å². The van der Waals surface area contributed by atoms with Crippen molar-refractivity contribution in [3.63, 3.8) is 0 Å². The lowest BCUT2D eigenvalue weighted by Gasteiger charge is -2.38. The van der Waals surface area contributed by atoms with Crippen LogP contribution in [0.1, 0.15) is 53.4 Å². The third kappa shape index (κ3) is 7.53. The second kappa shape index (κ2) is 13.4. The number of nitrogens with one attached hydrogen (secondary N) is 2. The molecule has 0 aromatic carbocycles. The smallest absolute Gasteiger partial charge is 0.191 e. The summed E-state index contributed by atoms with van der Waals surface area (Å²) < 4.78 is 5.58. The first-order valence-corrected chi connectivity index (χ1v) is 11.8. The molecule has 0 aromatic heterocycles. The number of nitrogens with zero attached hydrogens (tertiary/aromatic N) is 3. The van der Waals surface area contributed by atoms with Gasteiger partial charge in [0.2, 0.25) is 0 Å². The molecule has 164 valence electrons. The van der Waals surface area contributed by atoms with Crippen molar-refractivity contribution < 1.29 is 4.74 Å². The SMILES string of the molecule is CCCN1CCC(CNC(=NCC(C(CC)CC)N2CCOCC2)NCC)C1. The lowest BCUT2D eigenvalue weighted by molar-refractivity contribution is 0.00395. The zero-order chi connectivity index (χ0) is 20.2. The fourth-order valence-corrected chi connectivity index (χ4v) is 4.67. The zero-order valence-corrected chi connectivity index (χ0v) is 18.9. The van der Waals surface area contributed by atoms with E-state index in [1.54, 1.807) is 0 Å². The van der Waals surface area contributed by atoms with Crippen LogP contribution in [0.2, 0.25) is 0 Å². The van der Waals surface area contributed by atoms with Gasteiger partial charge in [-0.3, -0.25) is 9.89 Å². The van der Waals surface area contributed by atoms with E-state index < -0.39 is 0 Å². The van der Waals surface area contributed by atoms with E-state index in [9.17, 15) is 0 Å². The van der Waals surface area contributed by atoms with E-state index in [0.29, 0.717) is 12.0 Å². The summed E-state index contributed by atoms with van der Waals surface area (Å²) in [5.41, 5.74) is 0. The molecule has 6 nitrogen and oxygen atoms in total. The van der Waals surface area contributed by atoms with Crippen LogP contribution >= 0.6 is 0 Å². The Bertz CT molecular complexity index is 435. The van der Waals surface area contributed by atoms with Crippen molar-refractivity contribution in [1.29, 1.82) is 0 Å². The van der Waals surface area contributed by atoms with E-state index in [2.05, 4.69) is 48.1 Å².